The molecule has 1 amide bonds. The van der Waals surface area contributed by atoms with Crippen LogP contribution in [0.15, 0.2) is 94.9 Å². The molecule has 0 saturated carbocycles. The number of hydrogen-bond donors (Lipinski definition) is 1. The van der Waals surface area contributed by atoms with Gasteiger partial charge in [-0.3, -0.25) is 19.2 Å². The van der Waals surface area contributed by atoms with E-state index in [-0.39, 0.29) is 5.69 Å². The van der Waals surface area contributed by atoms with Crippen LogP contribution in [0.5, 0.6) is 0 Å². The number of amides is 1. The fourth-order valence-corrected chi connectivity index (χ4v) is 5.86. The number of nitrogens with zero attached hydrogens (tertiary/aromatic N) is 4. The first kappa shape index (κ1) is 27.3. The number of aromatic nitrogens is 1. The zero-order valence-corrected chi connectivity index (χ0v) is 22.4. The normalized spacial score (nSPS) is 11.5. The Bertz CT molecular complexity index is 1660. The number of hydrazone groups is 1. The summed E-state index contributed by atoms with van der Waals surface area (Å²) in [6.07, 6.45) is 1.50. The molecule has 0 aliphatic rings. The number of carbonyl (C=O) groups excluding carboxylic acids is 1. The molecule has 0 fully saturated rings. The maximum absolute atomic E-state index is 13.5. The number of carbonyl (C=O) groups is 1. The number of aryl methyl sites for hydroxylation is 2. The van der Waals surface area contributed by atoms with Gasteiger partial charge < -0.3 is 4.57 Å². The van der Waals surface area contributed by atoms with E-state index in [4.69, 9.17) is 0 Å². The molecule has 1 N–H and O–H groups in total. The number of nitro groups is 1. The van der Waals surface area contributed by atoms with Gasteiger partial charge in [0.15, 0.2) is 4.90 Å². The molecule has 4 rings (SSSR count). The summed E-state index contributed by atoms with van der Waals surface area (Å²) in [5.41, 5.74) is 6.79. The fourth-order valence-electron chi connectivity index (χ4n) is 4.28. The predicted octanol–water partition coefficient (Wildman–Crippen LogP) is 4.66. The minimum absolute atomic E-state index is 0.177. The highest BCUT2D eigenvalue weighted by molar-refractivity contribution is 7.93. The Morgan fingerprint density at radius 1 is 1.00 bits per heavy atom. The first-order valence-corrected chi connectivity index (χ1v) is 13.4. The van der Waals surface area contributed by atoms with Gasteiger partial charge in [-0.25, -0.2) is 13.8 Å². The molecule has 0 spiro atoms. The van der Waals surface area contributed by atoms with E-state index >= 15 is 0 Å². The van der Waals surface area contributed by atoms with Crippen molar-refractivity contribution < 1.29 is 18.1 Å². The Hall–Kier alpha value is -4.77. The van der Waals surface area contributed by atoms with Crippen LogP contribution in [0.4, 0.5) is 11.4 Å². The zero-order valence-electron chi connectivity index (χ0n) is 21.6. The Kier molecular flexibility index (Phi) is 7.91. The van der Waals surface area contributed by atoms with Crippen LogP contribution < -0.4 is 9.73 Å². The summed E-state index contributed by atoms with van der Waals surface area (Å²) in [7, 11) is -4.47. The van der Waals surface area contributed by atoms with Crippen molar-refractivity contribution >= 4 is 33.5 Å². The summed E-state index contributed by atoms with van der Waals surface area (Å²) in [4.78, 5) is 23.1. The van der Waals surface area contributed by atoms with Crippen LogP contribution in [0, 0.1) is 30.9 Å². The lowest BCUT2D eigenvalue weighted by molar-refractivity contribution is -0.387. The SMILES string of the molecule is Cc1cccc(-n2c(C)cc(/C=N/NC(=O)CN(c3ccccc3)S(=O)(=O)c3ccccc3[N+](=O)[O-])c2C)c1. The van der Waals surface area contributed by atoms with Crippen LogP contribution in [-0.2, 0) is 14.8 Å². The van der Waals surface area contributed by atoms with E-state index < -0.39 is 38.0 Å². The summed E-state index contributed by atoms with van der Waals surface area (Å²) in [6.45, 7) is 5.29. The molecule has 11 heteroatoms. The Balaban J connectivity index is 1.58. The highest BCUT2D eigenvalue weighted by Gasteiger charge is 2.33. The molecule has 1 heterocycles. The third-order valence-electron chi connectivity index (χ3n) is 6.08. The van der Waals surface area contributed by atoms with Crippen molar-refractivity contribution in [3.8, 4) is 5.69 Å². The molecular weight excluding hydrogens is 518 g/mol. The highest BCUT2D eigenvalue weighted by atomic mass is 32.2. The van der Waals surface area contributed by atoms with Crippen LogP contribution in [-0.4, -0.2) is 36.6 Å². The maximum atomic E-state index is 13.5. The molecule has 0 atom stereocenters. The second-order valence-corrected chi connectivity index (χ2v) is 10.7. The number of nitro benzene ring substituents is 1. The number of para-hydroxylation sites is 2. The van der Waals surface area contributed by atoms with Crippen molar-refractivity contribution in [2.75, 3.05) is 10.8 Å². The van der Waals surface area contributed by atoms with Crippen LogP contribution in [0.2, 0.25) is 0 Å². The summed E-state index contributed by atoms with van der Waals surface area (Å²) in [6, 6.07) is 22.9. The van der Waals surface area contributed by atoms with Crippen LogP contribution >= 0.6 is 0 Å². The van der Waals surface area contributed by atoms with Crippen LogP contribution in [0.1, 0.15) is 22.5 Å². The minimum atomic E-state index is -4.47. The molecule has 4 aromatic rings. The monoisotopic (exact) mass is 545 g/mol. The van der Waals surface area contributed by atoms with E-state index in [9.17, 15) is 23.3 Å². The van der Waals surface area contributed by atoms with Crippen molar-refractivity contribution in [3.63, 3.8) is 0 Å². The first-order valence-electron chi connectivity index (χ1n) is 12.0. The number of hydrogen-bond acceptors (Lipinski definition) is 6. The first-order chi connectivity index (χ1) is 18.6. The van der Waals surface area contributed by atoms with Gasteiger partial charge in [0, 0.05) is 28.7 Å². The molecule has 0 aliphatic carbocycles. The molecule has 0 radical (unpaired) electrons. The molecular formula is C28H27N5O5S. The summed E-state index contributed by atoms with van der Waals surface area (Å²) >= 11 is 0. The Morgan fingerprint density at radius 3 is 2.38 bits per heavy atom. The third kappa shape index (κ3) is 5.88. The Labute approximate surface area is 226 Å². The number of nitrogens with one attached hydrogen (secondary N) is 1. The summed E-state index contributed by atoms with van der Waals surface area (Å²) in [5, 5.41) is 15.6. The standard InChI is InChI=1S/C28H27N5O5S/c1-20-10-9-13-25(16-20)32-21(2)17-23(22(32)3)18-29-30-28(34)19-31(24-11-5-4-6-12-24)39(37,38)27-15-8-7-14-26(27)33(35)36/h4-18H,19H2,1-3H3,(H,30,34)/b29-18+. The van der Waals surface area contributed by atoms with Crippen molar-refractivity contribution in [3.05, 3.63) is 118 Å². The summed E-state index contributed by atoms with van der Waals surface area (Å²) < 4.78 is 30.0. The van der Waals surface area contributed by atoms with E-state index in [1.807, 2.05) is 45.0 Å². The van der Waals surface area contributed by atoms with E-state index in [1.165, 1.54) is 30.5 Å². The summed E-state index contributed by atoms with van der Waals surface area (Å²) in [5.74, 6) is -0.718. The largest absolute Gasteiger partial charge is 0.318 e. The molecule has 39 heavy (non-hydrogen) atoms. The number of anilines is 1. The second-order valence-electron chi connectivity index (χ2n) is 8.87. The van der Waals surface area contributed by atoms with Crippen molar-refractivity contribution in [2.45, 2.75) is 25.7 Å². The average Bonchev–Trinajstić information content (AvgIpc) is 3.20. The van der Waals surface area contributed by atoms with E-state index in [1.54, 1.807) is 18.2 Å². The lowest BCUT2D eigenvalue weighted by Gasteiger charge is -2.23. The number of rotatable bonds is 9. The average molecular weight is 546 g/mol. The number of sulfonamides is 1. The zero-order chi connectivity index (χ0) is 28.2. The van der Waals surface area contributed by atoms with Crippen molar-refractivity contribution in [2.24, 2.45) is 5.10 Å². The molecule has 1 aromatic heterocycles. The smallest absolute Gasteiger partial charge is 0.289 e. The van der Waals surface area contributed by atoms with E-state index in [0.29, 0.717) is 0 Å². The molecule has 200 valence electrons. The molecule has 0 bridgehead atoms. The van der Waals surface area contributed by atoms with Gasteiger partial charge in [-0.15, -0.1) is 0 Å². The molecule has 0 unspecified atom stereocenters. The maximum Gasteiger partial charge on any atom is 0.289 e. The van der Waals surface area contributed by atoms with Gasteiger partial charge in [0.05, 0.1) is 16.8 Å². The third-order valence-corrected chi connectivity index (χ3v) is 7.91. The molecule has 0 aliphatic heterocycles. The van der Waals surface area contributed by atoms with Crippen molar-refractivity contribution in [1.29, 1.82) is 0 Å². The lowest BCUT2D eigenvalue weighted by Crippen LogP contribution is -2.39. The van der Waals surface area contributed by atoms with E-state index in [2.05, 4.69) is 21.2 Å². The van der Waals surface area contributed by atoms with Gasteiger partial charge in [-0.2, -0.15) is 5.10 Å². The minimum Gasteiger partial charge on any atom is -0.318 e. The van der Waals surface area contributed by atoms with Gasteiger partial charge in [0.1, 0.15) is 6.54 Å². The predicted molar refractivity (Wildman–Crippen MR) is 150 cm³/mol. The van der Waals surface area contributed by atoms with Gasteiger partial charge in [0.2, 0.25) is 0 Å². The fraction of sp³-hybridized carbons (Fsp3) is 0.143. The van der Waals surface area contributed by atoms with Gasteiger partial charge in [0.25, 0.3) is 21.6 Å². The quantitative estimate of drug-likeness (QED) is 0.186. The highest BCUT2D eigenvalue weighted by Crippen LogP contribution is 2.29. The van der Waals surface area contributed by atoms with Crippen molar-refractivity contribution in [1.82, 2.24) is 9.99 Å². The van der Waals surface area contributed by atoms with Gasteiger partial charge in [-0.1, -0.05) is 42.5 Å². The Morgan fingerprint density at radius 2 is 1.69 bits per heavy atom. The lowest BCUT2D eigenvalue weighted by atomic mass is 10.2. The van der Waals surface area contributed by atoms with Crippen LogP contribution in [0.3, 0.4) is 0 Å². The van der Waals surface area contributed by atoms with Crippen LogP contribution in [0.25, 0.3) is 5.69 Å². The molecule has 3 aromatic carbocycles. The molecule has 0 saturated heterocycles. The topological polar surface area (TPSA) is 127 Å². The van der Waals surface area contributed by atoms with E-state index in [0.717, 1.165) is 44.6 Å². The second kappa shape index (κ2) is 11.3. The molecule has 10 nitrogen and oxygen atoms in total. The van der Waals surface area contributed by atoms with Gasteiger partial charge >= 0.3 is 0 Å². The number of benzene rings is 3. The van der Waals surface area contributed by atoms with Gasteiger partial charge in [-0.05, 0) is 62.7 Å².